The lowest BCUT2D eigenvalue weighted by Crippen LogP contribution is -2.11. The molecule has 1 unspecified atom stereocenters. The van der Waals surface area contributed by atoms with Crippen LogP contribution in [0.2, 0.25) is 0 Å². The molecule has 0 aliphatic rings. The summed E-state index contributed by atoms with van der Waals surface area (Å²) in [6, 6.07) is 10.4. The van der Waals surface area contributed by atoms with Gasteiger partial charge in [0.1, 0.15) is 0 Å². The van der Waals surface area contributed by atoms with Gasteiger partial charge in [-0.3, -0.25) is 4.68 Å². The number of rotatable bonds is 5. The lowest BCUT2D eigenvalue weighted by Gasteiger charge is -2.17. The van der Waals surface area contributed by atoms with Crippen LogP contribution < -0.4 is 0 Å². The monoisotopic (exact) mass is 258 g/mol. The van der Waals surface area contributed by atoms with Crippen LogP contribution in [0.25, 0.3) is 0 Å². The van der Waals surface area contributed by atoms with Crippen LogP contribution in [-0.2, 0) is 19.9 Å². The minimum Gasteiger partial charge on any atom is -0.396 e. The summed E-state index contributed by atoms with van der Waals surface area (Å²) in [5.41, 5.74) is 4.75. The summed E-state index contributed by atoms with van der Waals surface area (Å²) in [5.74, 6) is 0.140. The molecule has 1 aromatic carbocycles. The zero-order valence-corrected chi connectivity index (χ0v) is 11.9. The average molecular weight is 258 g/mol. The van der Waals surface area contributed by atoms with Crippen molar-refractivity contribution in [2.75, 3.05) is 6.61 Å². The maximum Gasteiger partial charge on any atom is 0.0624 e. The van der Waals surface area contributed by atoms with Gasteiger partial charge < -0.3 is 5.11 Å². The molecular weight excluding hydrogens is 236 g/mol. The van der Waals surface area contributed by atoms with E-state index in [0.29, 0.717) is 0 Å². The fraction of sp³-hybridized carbons (Fsp3) is 0.438. The highest BCUT2D eigenvalue weighted by Gasteiger charge is 2.16. The number of benzene rings is 1. The van der Waals surface area contributed by atoms with Crippen LogP contribution in [0.5, 0.6) is 0 Å². The summed E-state index contributed by atoms with van der Waals surface area (Å²) >= 11 is 0. The van der Waals surface area contributed by atoms with Gasteiger partial charge in [0.2, 0.25) is 0 Å². The third-order valence-corrected chi connectivity index (χ3v) is 3.69. The molecule has 1 heterocycles. The molecule has 0 aliphatic heterocycles. The molecule has 3 nitrogen and oxygen atoms in total. The van der Waals surface area contributed by atoms with Crippen molar-refractivity contribution in [3.63, 3.8) is 0 Å². The van der Waals surface area contributed by atoms with Gasteiger partial charge in [0.25, 0.3) is 0 Å². The highest BCUT2D eigenvalue weighted by Crippen LogP contribution is 2.23. The Bertz CT molecular complexity index is 545. The van der Waals surface area contributed by atoms with E-state index in [2.05, 4.69) is 37.1 Å². The molecule has 0 saturated carbocycles. The molecule has 3 heteroatoms. The summed E-state index contributed by atoms with van der Waals surface area (Å²) < 4.78 is 1.93. The normalized spacial score (nSPS) is 12.6. The number of hydrogen-bond donors (Lipinski definition) is 1. The van der Waals surface area contributed by atoms with E-state index in [-0.39, 0.29) is 12.5 Å². The standard InChI is InChI=1S/C16H22N2O/c1-4-14-10-15(18(3)17-14)9-13(11-19)16-8-6-5-7-12(16)2/h5-8,10,13,19H,4,9,11H2,1-3H3. The molecule has 1 N–H and O–H groups in total. The third kappa shape index (κ3) is 3.04. The van der Waals surface area contributed by atoms with E-state index in [4.69, 9.17) is 0 Å². The Labute approximate surface area is 114 Å². The molecule has 0 saturated heterocycles. The van der Waals surface area contributed by atoms with Crippen molar-refractivity contribution in [1.29, 1.82) is 0 Å². The topological polar surface area (TPSA) is 38.0 Å². The van der Waals surface area contributed by atoms with E-state index in [1.54, 1.807) is 0 Å². The molecule has 102 valence electrons. The van der Waals surface area contributed by atoms with Crippen LogP contribution >= 0.6 is 0 Å². The number of aryl methyl sites for hydroxylation is 3. The van der Waals surface area contributed by atoms with Crippen molar-refractivity contribution >= 4 is 0 Å². The van der Waals surface area contributed by atoms with Gasteiger partial charge in [0, 0.05) is 18.7 Å². The number of aromatic nitrogens is 2. The van der Waals surface area contributed by atoms with Gasteiger partial charge in [-0.2, -0.15) is 5.10 Å². The molecule has 0 bridgehead atoms. The van der Waals surface area contributed by atoms with Gasteiger partial charge in [0.15, 0.2) is 0 Å². The van der Waals surface area contributed by atoms with Crippen molar-refractivity contribution in [2.24, 2.45) is 7.05 Å². The summed E-state index contributed by atoms with van der Waals surface area (Å²) in [4.78, 5) is 0. The number of hydrogen-bond acceptors (Lipinski definition) is 2. The van der Waals surface area contributed by atoms with E-state index in [0.717, 1.165) is 18.5 Å². The van der Waals surface area contributed by atoms with Crippen molar-refractivity contribution in [1.82, 2.24) is 9.78 Å². The molecule has 0 amide bonds. The molecule has 2 aromatic rings. The first-order valence-electron chi connectivity index (χ1n) is 6.83. The predicted octanol–water partition coefficient (Wildman–Crippen LogP) is 2.61. The van der Waals surface area contributed by atoms with Crippen LogP contribution in [-0.4, -0.2) is 21.5 Å². The Morgan fingerprint density at radius 2 is 2.05 bits per heavy atom. The van der Waals surface area contributed by atoms with Gasteiger partial charge in [-0.05, 0) is 37.0 Å². The molecule has 2 rings (SSSR count). The zero-order valence-electron chi connectivity index (χ0n) is 11.9. The molecule has 1 atom stereocenters. The van der Waals surface area contributed by atoms with Crippen molar-refractivity contribution < 1.29 is 5.11 Å². The summed E-state index contributed by atoms with van der Waals surface area (Å²) in [6.45, 7) is 4.37. The van der Waals surface area contributed by atoms with Crippen LogP contribution in [0.15, 0.2) is 30.3 Å². The first-order valence-corrected chi connectivity index (χ1v) is 6.83. The predicted molar refractivity (Wildman–Crippen MR) is 77.3 cm³/mol. The first kappa shape index (κ1) is 13.8. The molecule has 1 aromatic heterocycles. The van der Waals surface area contributed by atoms with E-state index < -0.39 is 0 Å². The third-order valence-electron chi connectivity index (χ3n) is 3.69. The highest BCUT2D eigenvalue weighted by atomic mass is 16.3. The summed E-state index contributed by atoms with van der Waals surface area (Å²) in [5, 5.41) is 14.2. The zero-order chi connectivity index (χ0) is 13.8. The van der Waals surface area contributed by atoms with Crippen molar-refractivity contribution in [3.05, 3.63) is 52.8 Å². The van der Waals surface area contributed by atoms with Gasteiger partial charge in [-0.25, -0.2) is 0 Å². The Kier molecular flexibility index (Phi) is 4.38. The first-order chi connectivity index (χ1) is 9.15. The Morgan fingerprint density at radius 3 is 2.63 bits per heavy atom. The van der Waals surface area contributed by atoms with Crippen molar-refractivity contribution in [3.8, 4) is 0 Å². The minimum atomic E-state index is 0.140. The smallest absolute Gasteiger partial charge is 0.0624 e. The highest BCUT2D eigenvalue weighted by molar-refractivity contribution is 5.30. The molecule has 0 radical (unpaired) electrons. The maximum atomic E-state index is 9.69. The lowest BCUT2D eigenvalue weighted by molar-refractivity contribution is 0.262. The van der Waals surface area contributed by atoms with Crippen LogP contribution in [0.4, 0.5) is 0 Å². The number of aliphatic hydroxyl groups excluding tert-OH is 1. The SMILES string of the molecule is CCc1cc(CC(CO)c2ccccc2C)n(C)n1. The maximum absolute atomic E-state index is 9.69. The van der Waals surface area contributed by atoms with Gasteiger partial charge >= 0.3 is 0 Å². The van der Waals surface area contributed by atoms with E-state index in [1.807, 2.05) is 23.9 Å². The van der Waals surface area contributed by atoms with Gasteiger partial charge in [0.05, 0.1) is 12.3 Å². The molecule has 19 heavy (non-hydrogen) atoms. The average Bonchev–Trinajstić information content (AvgIpc) is 2.77. The Hall–Kier alpha value is -1.61. The number of nitrogens with zero attached hydrogens (tertiary/aromatic N) is 2. The van der Waals surface area contributed by atoms with Gasteiger partial charge in [-0.1, -0.05) is 31.2 Å². The van der Waals surface area contributed by atoms with Crippen molar-refractivity contribution in [2.45, 2.75) is 32.6 Å². The molecular formula is C16H22N2O. The van der Waals surface area contributed by atoms with Crippen LogP contribution in [0.3, 0.4) is 0 Å². The van der Waals surface area contributed by atoms with Crippen LogP contribution in [0, 0.1) is 6.92 Å². The fourth-order valence-electron chi connectivity index (χ4n) is 2.51. The van der Waals surface area contributed by atoms with E-state index in [1.165, 1.54) is 16.8 Å². The summed E-state index contributed by atoms with van der Waals surface area (Å²) in [7, 11) is 1.97. The Balaban J connectivity index is 2.24. The summed E-state index contributed by atoms with van der Waals surface area (Å²) in [6.07, 6.45) is 1.77. The van der Waals surface area contributed by atoms with E-state index >= 15 is 0 Å². The van der Waals surface area contributed by atoms with E-state index in [9.17, 15) is 5.11 Å². The molecule has 0 spiro atoms. The minimum absolute atomic E-state index is 0.140. The lowest BCUT2D eigenvalue weighted by atomic mass is 9.91. The molecule has 0 aliphatic carbocycles. The second kappa shape index (κ2) is 6.02. The second-order valence-corrected chi connectivity index (χ2v) is 5.04. The second-order valence-electron chi connectivity index (χ2n) is 5.04. The van der Waals surface area contributed by atoms with Gasteiger partial charge in [-0.15, -0.1) is 0 Å². The largest absolute Gasteiger partial charge is 0.396 e. The molecule has 0 fully saturated rings. The fourth-order valence-corrected chi connectivity index (χ4v) is 2.51. The van der Waals surface area contributed by atoms with Crippen LogP contribution in [0.1, 0.15) is 35.4 Å². The quantitative estimate of drug-likeness (QED) is 0.895. The number of aliphatic hydroxyl groups is 1. The Morgan fingerprint density at radius 1 is 1.32 bits per heavy atom.